The summed E-state index contributed by atoms with van der Waals surface area (Å²) in [6.45, 7) is 5.07. The molecule has 2 aromatic rings. The van der Waals surface area contributed by atoms with Crippen LogP contribution in [0, 0.1) is 3.57 Å². The van der Waals surface area contributed by atoms with E-state index >= 15 is 0 Å². The Morgan fingerprint density at radius 1 is 1.44 bits per heavy atom. The molecule has 0 bridgehead atoms. The fourth-order valence-corrected chi connectivity index (χ4v) is 2.20. The van der Waals surface area contributed by atoms with Gasteiger partial charge in [-0.15, -0.1) is 0 Å². The Balaban J connectivity index is 2.34. The molecule has 5 heteroatoms. The largest absolute Gasteiger partial charge is 0.310 e. The molecule has 0 aliphatic rings. The number of aromatic nitrogens is 2. The predicted molar refractivity (Wildman–Crippen MR) is 83.3 cm³/mol. The van der Waals surface area contributed by atoms with Crippen molar-refractivity contribution in [3.05, 3.63) is 44.7 Å². The second-order valence-electron chi connectivity index (χ2n) is 4.41. The van der Waals surface area contributed by atoms with Crippen LogP contribution in [0.2, 0.25) is 5.02 Å². The van der Waals surface area contributed by atoms with Gasteiger partial charge < -0.3 is 5.32 Å². The van der Waals surface area contributed by atoms with E-state index in [-0.39, 0.29) is 0 Å². The number of nitrogens with zero attached hydrogens (tertiary/aromatic N) is 2. The molecule has 1 aromatic carbocycles. The molecule has 1 N–H and O–H groups in total. The first-order valence-corrected chi connectivity index (χ1v) is 7.24. The predicted octanol–water partition coefficient (Wildman–Crippen LogP) is 3.63. The fourth-order valence-electron chi connectivity index (χ4n) is 1.65. The van der Waals surface area contributed by atoms with Crippen LogP contribution < -0.4 is 5.32 Å². The van der Waals surface area contributed by atoms with E-state index in [0.29, 0.717) is 6.04 Å². The maximum absolute atomic E-state index is 6.07. The number of rotatable bonds is 4. The Morgan fingerprint density at radius 3 is 2.83 bits per heavy atom. The lowest BCUT2D eigenvalue weighted by atomic mass is 10.1. The van der Waals surface area contributed by atoms with Crippen LogP contribution in [0.4, 0.5) is 0 Å². The molecule has 3 nitrogen and oxygen atoms in total. The minimum absolute atomic E-state index is 0.450. The Hall–Kier alpha value is -0.590. The first-order chi connectivity index (χ1) is 8.56. The number of nitrogens with one attached hydrogen (secondary N) is 1. The second-order valence-corrected chi connectivity index (χ2v) is 6.09. The molecule has 1 aromatic heterocycles. The molecule has 0 aliphatic carbocycles. The lowest BCUT2D eigenvalue weighted by Gasteiger charge is -2.13. The minimum atomic E-state index is 0.450. The Labute approximate surface area is 126 Å². The van der Waals surface area contributed by atoms with Crippen LogP contribution in [0.25, 0.3) is 5.69 Å². The quantitative estimate of drug-likeness (QED) is 0.827. The third-order valence-corrected chi connectivity index (χ3v) is 3.34. The number of hydrogen-bond donors (Lipinski definition) is 1. The van der Waals surface area contributed by atoms with Crippen molar-refractivity contribution in [3.8, 4) is 5.69 Å². The highest BCUT2D eigenvalue weighted by atomic mass is 127. The van der Waals surface area contributed by atoms with Gasteiger partial charge >= 0.3 is 0 Å². The van der Waals surface area contributed by atoms with Gasteiger partial charge in [0.25, 0.3) is 0 Å². The molecule has 0 spiro atoms. The Bertz CT molecular complexity index is 537. The van der Waals surface area contributed by atoms with E-state index in [2.05, 4.69) is 46.9 Å². The van der Waals surface area contributed by atoms with Gasteiger partial charge in [0.1, 0.15) is 0 Å². The van der Waals surface area contributed by atoms with Gasteiger partial charge in [0, 0.05) is 23.8 Å². The lowest BCUT2D eigenvalue weighted by molar-refractivity contribution is 0.586. The van der Waals surface area contributed by atoms with E-state index in [1.807, 2.05) is 35.3 Å². The van der Waals surface area contributed by atoms with Crippen molar-refractivity contribution in [2.75, 3.05) is 0 Å². The van der Waals surface area contributed by atoms with Crippen LogP contribution in [0.3, 0.4) is 0 Å². The first kappa shape index (κ1) is 13.8. The SMILES string of the molecule is CC(C)NCc1ccc(Cl)cc1-n1cc(I)cn1. The van der Waals surface area contributed by atoms with Crippen LogP contribution >= 0.6 is 34.2 Å². The molecular weight excluding hydrogens is 361 g/mol. The molecule has 18 heavy (non-hydrogen) atoms. The number of halogens is 2. The summed E-state index contributed by atoms with van der Waals surface area (Å²) < 4.78 is 2.97. The van der Waals surface area contributed by atoms with Gasteiger partial charge in [0.05, 0.1) is 15.5 Å². The highest BCUT2D eigenvalue weighted by Gasteiger charge is 2.07. The van der Waals surface area contributed by atoms with Crippen molar-refractivity contribution in [1.82, 2.24) is 15.1 Å². The van der Waals surface area contributed by atoms with Gasteiger partial charge in [-0.3, -0.25) is 0 Å². The molecule has 0 atom stereocenters. The van der Waals surface area contributed by atoms with Crippen molar-refractivity contribution in [2.45, 2.75) is 26.4 Å². The third kappa shape index (κ3) is 3.46. The zero-order valence-electron chi connectivity index (χ0n) is 10.3. The number of hydrogen-bond acceptors (Lipinski definition) is 2. The van der Waals surface area contributed by atoms with E-state index in [1.165, 1.54) is 5.56 Å². The van der Waals surface area contributed by atoms with Crippen LogP contribution in [0.5, 0.6) is 0 Å². The summed E-state index contributed by atoms with van der Waals surface area (Å²) in [5.41, 5.74) is 2.21. The molecule has 96 valence electrons. The third-order valence-electron chi connectivity index (χ3n) is 2.55. The minimum Gasteiger partial charge on any atom is -0.310 e. The van der Waals surface area contributed by atoms with Gasteiger partial charge in [-0.05, 0) is 40.3 Å². The molecular formula is C13H15ClIN3. The summed E-state index contributed by atoms with van der Waals surface area (Å²) >= 11 is 8.32. The average Bonchev–Trinajstić information content (AvgIpc) is 2.74. The second kappa shape index (κ2) is 6.04. The molecule has 0 aliphatic heterocycles. The summed E-state index contributed by atoms with van der Waals surface area (Å²) in [6.07, 6.45) is 3.83. The standard InChI is InChI=1S/C13H15ClIN3/c1-9(2)16-6-10-3-4-11(14)5-13(10)18-8-12(15)7-17-18/h3-5,7-9,16H,6H2,1-2H3. The van der Waals surface area contributed by atoms with Crippen LogP contribution in [-0.4, -0.2) is 15.8 Å². The number of benzene rings is 1. The van der Waals surface area contributed by atoms with Gasteiger partial charge in [-0.25, -0.2) is 4.68 Å². The summed E-state index contributed by atoms with van der Waals surface area (Å²) in [5.74, 6) is 0. The molecule has 0 saturated carbocycles. The topological polar surface area (TPSA) is 29.9 Å². The summed E-state index contributed by atoms with van der Waals surface area (Å²) in [6, 6.07) is 6.35. The molecule has 2 rings (SSSR count). The smallest absolute Gasteiger partial charge is 0.0705 e. The van der Waals surface area contributed by atoms with Crippen LogP contribution in [-0.2, 0) is 6.54 Å². The van der Waals surface area contributed by atoms with Crippen LogP contribution in [0.1, 0.15) is 19.4 Å². The lowest BCUT2D eigenvalue weighted by Crippen LogP contribution is -2.22. The highest BCUT2D eigenvalue weighted by Crippen LogP contribution is 2.20. The van der Waals surface area contributed by atoms with Crippen molar-refractivity contribution in [3.63, 3.8) is 0 Å². The van der Waals surface area contributed by atoms with Crippen molar-refractivity contribution >= 4 is 34.2 Å². The molecule has 0 saturated heterocycles. The zero-order valence-corrected chi connectivity index (χ0v) is 13.2. The molecule has 0 fully saturated rings. The van der Waals surface area contributed by atoms with Crippen LogP contribution in [0.15, 0.2) is 30.6 Å². The molecule has 0 amide bonds. The van der Waals surface area contributed by atoms with Gasteiger partial charge in [0.2, 0.25) is 0 Å². The van der Waals surface area contributed by atoms with E-state index in [1.54, 1.807) is 0 Å². The van der Waals surface area contributed by atoms with Crippen molar-refractivity contribution < 1.29 is 0 Å². The zero-order chi connectivity index (χ0) is 13.1. The van der Waals surface area contributed by atoms with E-state index in [4.69, 9.17) is 11.6 Å². The molecule has 1 heterocycles. The van der Waals surface area contributed by atoms with E-state index in [0.717, 1.165) is 20.8 Å². The van der Waals surface area contributed by atoms with Gasteiger partial charge in [-0.1, -0.05) is 31.5 Å². The maximum Gasteiger partial charge on any atom is 0.0705 e. The van der Waals surface area contributed by atoms with Crippen molar-refractivity contribution in [1.29, 1.82) is 0 Å². The van der Waals surface area contributed by atoms with Gasteiger partial charge in [-0.2, -0.15) is 5.10 Å². The maximum atomic E-state index is 6.07. The highest BCUT2D eigenvalue weighted by molar-refractivity contribution is 14.1. The van der Waals surface area contributed by atoms with E-state index < -0.39 is 0 Å². The molecule has 0 unspecified atom stereocenters. The van der Waals surface area contributed by atoms with Crippen molar-refractivity contribution in [2.24, 2.45) is 0 Å². The first-order valence-electron chi connectivity index (χ1n) is 5.78. The summed E-state index contributed by atoms with van der Waals surface area (Å²) in [4.78, 5) is 0. The van der Waals surface area contributed by atoms with Gasteiger partial charge in [0.15, 0.2) is 0 Å². The monoisotopic (exact) mass is 375 g/mol. The molecule has 0 radical (unpaired) electrons. The summed E-state index contributed by atoms with van der Waals surface area (Å²) in [5, 5.41) is 8.48. The Kier molecular flexibility index (Phi) is 4.64. The average molecular weight is 376 g/mol. The summed E-state index contributed by atoms with van der Waals surface area (Å²) in [7, 11) is 0. The fraction of sp³-hybridized carbons (Fsp3) is 0.308. The Morgan fingerprint density at radius 2 is 2.22 bits per heavy atom. The normalized spacial score (nSPS) is 11.2. The van der Waals surface area contributed by atoms with E-state index in [9.17, 15) is 0 Å².